The number of benzene rings is 2. The zero-order chi connectivity index (χ0) is 18.4. The third-order valence-corrected chi connectivity index (χ3v) is 4.07. The standard InChI is InChI=1S/C18H16F2N2O3S/c1-12(24-16-8-4-14(20)5-9-16)17-21-22-18(25-17)26-11-10-23-15-6-2-13(19)3-7-15/h2-9,12H,10-11H2,1H3. The maximum atomic E-state index is 12.9. The molecule has 0 amide bonds. The number of halogens is 2. The second-order valence-electron chi connectivity index (χ2n) is 5.27. The van der Waals surface area contributed by atoms with Crippen LogP contribution in [-0.2, 0) is 0 Å². The molecule has 1 aromatic heterocycles. The summed E-state index contributed by atoms with van der Waals surface area (Å²) in [5.74, 6) is 1.40. The van der Waals surface area contributed by atoms with Gasteiger partial charge in [0.05, 0.1) is 6.61 Å². The van der Waals surface area contributed by atoms with Gasteiger partial charge in [0.2, 0.25) is 0 Å². The van der Waals surface area contributed by atoms with Gasteiger partial charge in [-0.25, -0.2) is 8.78 Å². The van der Waals surface area contributed by atoms with E-state index in [4.69, 9.17) is 13.9 Å². The molecular weight excluding hydrogens is 362 g/mol. The van der Waals surface area contributed by atoms with Crippen molar-refractivity contribution in [3.63, 3.8) is 0 Å². The molecule has 3 aromatic rings. The van der Waals surface area contributed by atoms with Gasteiger partial charge in [-0.3, -0.25) is 0 Å². The molecule has 0 spiro atoms. The summed E-state index contributed by atoms with van der Waals surface area (Å²) in [6.45, 7) is 2.18. The summed E-state index contributed by atoms with van der Waals surface area (Å²) in [5, 5.41) is 8.31. The third-order valence-electron chi connectivity index (χ3n) is 3.29. The lowest BCUT2D eigenvalue weighted by Gasteiger charge is -2.10. The van der Waals surface area contributed by atoms with Gasteiger partial charge in [0.1, 0.15) is 23.1 Å². The summed E-state index contributed by atoms with van der Waals surface area (Å²) in [6, 6.07) is 11.5. The second kappa shape index (κ2) is 8.66. The largest absolute Gasteiger partial charge is 0.493 e. The van der Waals surface area contributed by atoms with Crippen molar-refractivity contribution in [2.24, 2.45) is 0 Å². The molecule has 8 heteroatoms. The Balaban J connectivity index is 1.45. The normalized spacial score (nSPS) is 12.0. The van der Waals surface area contributed by atoms with Crippen molar-refractivity contribution in [3.05, 3.63) is 66.1 Å². The minimum Gasteiger partial charge on any atom is -0.493 e. The van der Waals surface area contributed by atoms with Gasteiger partial charge in [-0.05, 0) is 55.5 Å². The molecule has 3 rings (SSSR count). The third kappa shape index (κ3) is 5.19. The Morgan fingerprint density at radius 1 is 0.962 bits per heavy atom. The molecule has 0 fully saturated rings. The molecule has 0 saturated carbocycles. The van der Waals surface area contributed by atoms with Crippen LogP contribution in [0.1, 0.15) is 18.9 Å². The Hall–Kier alpha value is -2.61. The van der Waals surface area contributed by atoms with Crippen molar-refractivity contribution >= 4 is 11.8 Å². The molecule has 0 aliphatic heterocycles. The highest BCUT2D eigenvalue weighted by Gasteiger charge is 2.16. The van der Waals surface area contributed by atoms with E-state index in [1.54, 1.807) is 19.1 Å². The number of rotatable bonds is 8. The summed E-state index contributed by atoms with van der Waals surface area (Å²) in [7, 11) is 0. The molecule has 0 radical (unpaired) electrons. The molecule has 0 saturated heterocycles. The van der Waals surface area contributed by atoms with Crippen LogP contribution >= 0.6 is 11.8 Å². The molecule has 0 N–H and O–H groups in total. The number of hydrogen-bond acceptors (Lipinski definition) is 6. The minimum absolute atomic E-state index is 0.304. The topological polar surface area (TPSA) is 57.4 Å². The van der Waals surface area contributed by atoms with Crippen LogP contribution in [-0.4, -0.2) is 22.6 Å². The van der Waals surface area contributed by atoms with Crippen molar-refractivity contribution < 1.29 is 22.7 Å². The van der Waals surface area contributed by atoms with E-state index in [1.807, 2.05) is 0 Å². The summed E-state index contributed by atoms with van der Waals surface area (Å²) in [5.41, 5.74) is 0. The molecule has 26 heavy (non-hydrogen) atoms. The van der Waals surface area contributed by atoms with Crippen LogP contribution in [0, 0.1) is 11.6 Å². The van der Waals surface area contributed by atoms with Gasteiger partial charge >= 0.3 is 0 Å². The van der Waals surface area contributed by atoms with Crippen LogP contribution in [0.2, 0.25) is 0 Å². The number of thioether (sulfide) groups is 1. The number of ether oxygens (including phenoxy) is 2. The molecule has 5 nitrogen and oxygen atoms in total. The number of hydrogen-bond donors (Lipinski definition) is 0. The van der Waals surface area contributed by atoms with Gasteiger partial charge in [0.25, 0.3) is 11.1 Å². The monoisotopic (exact) mass is 378 g/mol. The lowest BCUT2D eigenvalue weighted by Crippen LogP contribution is -2.03. The molecule has 0 aliphatic carbocycles. The summed E-state index contributed by atoms with van der Waals surface area (Å²) < 4.78 is 42.4. The molecule has 136 valence electrons. The van der Waals surface area contributed by atoms with Crippen molar-refractivity contribution in [2.75, 3.05) is 12.4 Å². The van der Waals surface area contributed by atoms with Crippen LogP contribution in [0.15, 0.2) is 58.2 Å². The molecular formula is C18H16F2N2O3S. The van der Waals surface area contributed by atoms with Crippen molar-refractivity contribution in [1.29, 1.82) is 0 Å². The quantitative estimate of drug-likeness (QED) is 0.420. The maximum Gasteiger partial charge on any atom is 0.276 e. The van der Waals surface area contributed by atoms with E-state index in [9.17, 15) is 8.78 Å². The van der Waals surface area contributed by atoms with Crippen molar-refractivity contribution in [2.45, 2.75) is 18.3 Å². The minimum atomic E-state index is -0.460. The zero-order valence-corrected chi connectivity index (χ0v) is 14.7. The Bertz CT molecular complexity index is 825. The zero-order valence-electron chi connectivity index (χ0n) is 13.9. The summed E-state index contributed by atoms with van der Waals surface area (Å²) >= 11 is 1.34. The lowest BCUT2D eigenvalue weighted by molar-refractivity contribution is 0.181. The fraction of sp³-hybridized carbons (Fsp3) is 0.222. The Labute approximate surface area is 153 Å². The SMILES string of the molecule is CC(Oc1ccc(F)cc1)c1nnc(SCCOc2ccc(F)cc2)o1. The smallest absolute Gasteiger partial charge is 0.276 e. The number of aromatic nitrogens is 2. The second-order valence-corrected chi connectivity index (χ2v) is 6.32. The first-order valence-corrected chi connectivity index (χ1v) is 8.85. The van der Waals surface area contributed by atoms with Crippen LogP contribution in [0.25, 0.3) is 0 Å². The summed E-state index contributed by atoms with van der Waals surface area (Å²) in [6.07, 6.45) is -0.460. The van der Waals surface area contributed by atoms with Crippen LogP contribution in [0.3, 0.4) is 0 Å². The van der Waals surface area contributed by atoms with Gasteiger partial charge in [-0.1, -0.05) is 11.8 Å². The average Bonchev–Trinajstić information content (AvgIpc) is 3.11. The lowest BCUT2D eigenvalue weighted by atomic mass is 10.3. The predicted octanol–water partition coefficient (Wildman–Crippen LogP) is 4.66. The summed E-state index contributed by atoms with van der Waals surface area (Å²) in [4.78, 5) is 0. The molecule has 1 unspecified atom stereocenters. The van der Waals surface area contributed by atoms with E-state index in [0.717, 1.165) is 0 Å². The van der Waals surface area contributed by atoms with E-state index in [2.05, 4.69) is 10.2 Å². The van der Waals surface area contributed by atoms with E-state index in [0.29, 0.717) is 35.0 Å². The van der Waals surface area contributed by atoms with Gasteiger partial charge in [-0.15, -0.1) is 10.2 Å². The first-order chi connectivity index (χ1) is 12.6. The highest BCUT2D eigenvalue weighted by molar-refractivity contribution is 7.99. The molecule has 1 heterocycles. The molecule has 2 aromatic carbocycles. The van der Waals surface area contributed by atoms with Gasteiger partial charge in [0.15, 0.2) is 6.10 Å². The number of nitrogens with zero attached hydrogens (tertiary/aromatic N) is 2. The predicted molar refractivity (Wildman–Crippen MR) is 92.4 cm³/mol. The first kappa shape index (κ1) is 18.2. The van der Waals surface area contributed by atoms with E-state index < -0.39 is 6.10 Å². The molecule has 1 atom stereocenters. The van der Waals surface area contributed by atoms with Crippen molar-refractivity contribution in [3.8, 4) is 11.5 Å². The fourth-order valence-electron chi connectivity index (χ4n) is 2.03. The highest BCUT2D eigenvalue weighted by Crippen LogP contribution is 2.24. The van der Waals surface area contributed by atoms with Crippen LogP contribution in [0.5, 0.6) is 11.5 Å². The van der Waals surface area contributed by atoms with Gasteiger partial charge in [-0.2, -0.15) is 0 Å². The van der Waals surface area contributed by atoms with E-state index >= 15 is 0 Å². The Morgan fingerprint density at radius 2 is 1.58 bits per heavy atom. The van der Waals surface area contributed by atoms with Gasteiger partial charge in [0, 0.05) is 5.75 Å². The maximum absolute atomic E-state index is 12.9. The first-order valence-electron chi connectivity index (χ1n) is 7.87. The Morgan fingerprint density at radius 3 is 2.23 bits per heavy atom. The van der Waals surface area contributed by atoms with Gasteiger partial charge < -0.3 is 13.9 Å². The van der Waals surface area contributed by atoms with E-state index in [1.165, 1.54) is 48.2 Å². The molecule has 0 aliphatic rings. The van der Waals surface area contributed by atoms with Crippen molar-refractivity contribution in [1.82, 2.24) is 10.2 Å². The molecule has 0 bridgehead atoms. The Kier molecular flexibility index (Phi) is 6.06. The average molecular weight is 378 g/mol. The van der Waals surface area contributed by atoms with E-state index in [-0.39, 0.29) is 11.6 Å². The van der Waals surface area contributed by atoms with Crippen LogP contribution < -0.4 is 9.47 Å². The fourth-order valence-corrected chi connectivity index (χ4v) is 2.61. The van der Waals surface area contributed by atoms with Crippen LogP contribution in [0.4, 0.5) is 8.78 Å². The highest BCUT2D eigenvalue weighted by atomic mass is 32.2.